The average molecular weight is 268 g/mol. The zero-order valence-electron chi connectivity index (χ0n) is 11.6. The summed E-state index contributed by atoms with van der Waals surface area (Å²) in [6, 6.07) is 14.1. The third kappa shape index (κ3) is 2.94. The van der Waals surface area contributed by atoms with Gasteiger partial charge in [-0.25, -0.2) is 4.79 Å². The van der Waals surface area contributed by atoms with Gasteiger partial charge in [-0.05, 0) is 37.6 Å². The minimum Gasteiger partial charge on any atom is -0.462 e. The molecule has 0 aliphatic rings. The smallest absolute Gasteiger partial charge is 0.338 e. The Morgan fingerprint density at radius 3 is 2.30 bits per heavy atom. The van der Waals surface area contributed by atoms with Crippen molar-refractivity contribution >= 4 is 11.8 Å². The molecule has 0 atom stereocenters. The van der Waals surface area contributed by atoms with Crippen molar-refractivity contribution in [2.75, 3.05) is 6.61 Å². The summed E-state index contributed by atoms with van der Waals surface area (Å²) in [4.78, 5) is 24.0. The molecule has 20 heavy (non-hydrogen) atoms. The molecule has 0 unspecified atom stereocenters. The van der Waals surface area contributed by atoms with Gasteiger partial charge in [0.15, 0.2) is 5.78 Å². The van der Waals surface area contributed by atoms with Crippen LogP contribution in [0.25, 0.3) is 0 Å². The number of hydrogen-bond donors (Lipinski definition) is 0. The van der Waals surface area contributed by atoms with Gasteiger partial charge in [-0.2, -0.15) is 0 Å². The van der Waals surface area contributed by atoms with Gasteiger partial charge >= 0.3 is 5.97 Å². The quantitative estimate of drug-likeness (QED) is 0.630. The van der Waals surface area contributed by atoms with Gasteiger partial charge in [-0.15, -0.1) is 0 Å². The Morgan fingerprint density at radius 2 is 1.70 bits per heavy atom. The van der Waals surface area contributed by atoms with Crippen LogP contribution in [0, 0.1) is 6.92 Å². The third-order valence-electron chi connectivity index (χ3n) is 3.02. The predicted molar refractivity (Wildman–Crippen MR) is 77.0 cm³/mol. The van der Waals surface area contributed by atoms with Gasteiger partial charge in [0.1, 0.15) is 0 Å². The molecule has 3 heteroatoms. The van der Waals surface area contributed by atoms with E-state index in [0.717, 1.165) is 5.56 Å². The maximum atomic E-state index is 12.4. The minimum absolute atomic E-state index is 0.0430. The number of carbonyl (C=O) groups excluding carboxylic acids is 2. The van der Waals surface area contributed by atoms with Crippen LogP contribution in [0.1, 0.15) is 38.8 Å². The van der Waals surface area contributed by atoms with Gasteiger partial charge < -0.3 is 4.74 Å². The van der Waals surface area contributed by atoms with E-state index in [9.17, 15) is 9.59 Å². The number of carbonyl (C=O) groups is 2. The van der Waals surface area contributed by atoms with E-state index in [1.165, 1.54) is 0 Å². The molecule has 0 radical (unpaired) electrons. The molecule has 2 rings (SSSR count). The number of ketones is 1. The standard InChI is InChI=1S/C17H16O3/c1-3-20-17(19)14-9-10-15(12(2)11-14)16(18)13-7-5-4-6-8-13/h4-11H,3H2,1-2H3. The van der Waals surface area contributed by atoms with E-state index in [1.54, 1.807) is 37.3 Å². The van der Waals surface area contributed by atoms with Crippen LogP contribution < -0.4 is 0 Å². The van der Waals surface area contributed by atoms with Gasteiger partial charge in [-0.3, -0.25) is 4.79 Å². The van der Waals surface area contributed by atoms with E-state index in [4.69, 9.17) is 4.74 Å². The largest absolute Gasteiger partial charge is 0.462 e. The van der Waals surface area contributed by atoms with Crippen molar-refractivity contribution in [3.63, 3.8) is 0 Å². The molecule has 0 aliphatic heterocycles. The summed E-state index contributed by atoms with van der Waals surface area (Å²) < 4.78 is 4.94. The Balaban J connectivity index is 2.31. The first-order chi connectivity index (χ1) is 9.63. The molecule has 0 aromatic heterocycles. The topological polar surface area (TPSA) is 43.4 Å². The summed E-state index contributed by atoms with van der Waals surface area (Å²) in [6.07, 6.45) is 0. The van der Waals surface area contributed by atoms with E-state index in [-0.39, 0.29) is 11.8 Å². The predicted octanol–water partition coefficient (Wildman–Crippen LogP) is 3.40. The monoisotopic (exact) mass is 268 g/mol. The van der Waals surface area contributed by atoms with Crippen molar-refractivity contribution in [1.29, 1.82) is 0 Å². The first-order valence-corrected chi connectivity index (χ1v) is 6.51. The normalized spacial score (nSPS) is 10.1. The molecule has 0 aliphatic carbocycles. The number of ether oxygens (including phenoxy) is 1. The fraction of sp³-hybridized carbons (Fsp3) is 0.176. The molecular formula is C17H16O3. The molecule has 2 aromatic carbocycles. The molecule has 0 fully saturated rings. The number of rotatable bonds is 4. The summed E-state index contributed by atoms with van der Waals surface area (Å²) in [7, 11) is 0. The van der Waals surface area contributed by atoms with Crippen LogP contribution in [-0.4, -0.2) is 18.4 Å². The van der Waals surface area contributed by atoms with E-state index in [2.05, 4.69) is 0 Å². The van der Waals surface area contributed by atoms with Crippen LogP contribution in [-0.2, 0) is 4.74 Å². The highest BCUT2D eigenvalue weighted by molar-refractivity contribution is 6.10. The summed E-state index contributed by atoms with van der Waals surface area (Å²) in [5, 5.41) is 0. The summed E-state index contributed by atoms with van der Waals surface area (Å²) in [5.41, 5.74) is 2.47. The molecule has 0 N–H and O–H groups in total. The van der Waals surface area contributed by atoms with Crippen molar-refractivity contribution in [2.45, 2.75) is 13.8 Å². The first kappa shape index (κ1) is 14.0. The lowest BCUT2D eigenvalue weighted by atomic mass is 9.97. The number of aryl methyl sites for hydroxylation is 1. The summed E-state index contributed by atoms with van der Waals surface area (Å²) >= 11 is 0. The van der Waals surface area contributed by atoms with Crippen LogP contribution >= 0.6 is 0 Å². The fourth-order valence-corrected chi connectivity index (χ4v) is 2.00. The average Bonchev–Trinajstić information content (AvgIpc) is 2.47. The van der Waals surface area contributed by atoms with Crippen molar-refractivity contribution in [3.8, 4) is 0 Å². The Hall–Kier alpha value is -2.42. The second kappa shape index (κ2) is 6.15. The first-order valence-electron chi connectivity index (χ1n) is 6.51. The highest BCUT2D eigenvalue weighted by Crippen LogP contribution is 2.16. The van der Waals surface area contributed by atoms with Gasteiger partial charge in [0.25, 0.3) is 0 Å². The molecule has 102 valence electrons. The maximum absolute atomic E-state index is 12.4. The molecule has 0 saturated heterocycles. The van der Waals surface area contributed by atoms with Gasteiger partial charge in [0, 0.05) is 11.1 Å². The molecule has 0 heterocycles. The second-order valence-corrected chi connectivity index (χ2v) is 4.45. The van der Waals surface area contributed by atoms with Crippen LogP contribution in [0.2, 0.25) is 0 Å². The van der Waals surface area contributed by atoms with Crippen LogP contribution in [0.5, 0.6) is 0 Å². The van der Waals surface area contributed by atoms with Gasteiger partial charge in [0.2, 0.25) is 0 Å². The van der Waals surface area contributed by atoms with Crippen molar-refractivity contribution in [3.05, 3.63) is 70.8 Å². The zero-order valence-corrected chi connectivity index (χ0v) is 11.6. The molecule has 0 bridgehead atoms. The minimum atomic E-state index is -0.366. The summed E-state index contributed by atoms with van der Waals surface area (Å²) in [6.45, 7) is 3.92. The van der Waals surface area contributed by atoms with Crippen molar-refractivity contribution < 1.29 is 14.3 Å². The van der Waals surface area contributed by atoms with Crippen LogP contribution in [0.15, 0.2) is 48.5 Å². The lowest BCUT2D eigenvalue weighted by Crippen LogP contribution is -2.08. The lowest BCUT2D eigenvalue weighted by Gasteiger charge is -2.07. The Bertz CT molecular complexity index is 630. The maximum Gasteiger partial charge on any atom is 0.338 e. The van der Waals surface area contributed by atoms with E-state index in [0.29, 0.717) is 23.3 Å². The van der Waals surface area contributed by atoms with Crippen LogP contribution in [0.3, 0.4) is 0 Å². The van der Waals surface area contributed by atoms with Gasteiger partial charge in [-0.1, -0.05) is 30.3 Å². The SMILES string of the molecule is CCOC(=O)c1ccc(C(=O)c2ccccc2)c(C)c1. The molecule has 2 aromatic rings. The fourth-order valence-electron chi connectivity index (χ4n) is 2.00. The van der Waals surface area contributed by atoms with E-state index < -0.39 is 0 Å². The molecular weight excluding hydrogens is 252 g/mol. The number of esters is 1. The summed E-state index contributed by atoms with van der Waals surface area (Å²) in [5.74, 6) is -0.409. The van der Waals surface area contributed by atoms with Gasteiger partial charge in [0.05, 0.1) is 12.2 Å². The third-order valence-corrected chi connectivity index (χ3v) is 3.02. The van der Waals surface area contributed by atoms with E-state index in [1.807, 2.05) is 25.1 Å². The Morgan fingerprint density at radius 1 is 1.00 bits per heavy atom. The van der Waals surface area contributed by atoms with Crippen molar-refractivity contribution in [2.24, 2.45) is 0 Å². The molecule has 0 saturated carbocycles. The highest BCUT2D eigenvalue weighted by atomic mass is 16.5. The Kier molecular flexibility index (Phi) is 4.31. The molecule has 0 amide bonds. The number of hydrogen-bond acceptors (Lipinski definition) is 3. The van der Waals surface area contributed by atoms with E-state index >= 15 is 0 Å². The molecule has 0 spiro atoms. The second-order valence-electron chi connectivity index (χ2n) is 4.45. The van der Waals surface area contributed by atoms with Crippen molar-refractivity contribution in [1.82, 2.24) is 0 Å². The van der Waals surface area contributed by atoms with Crippen LogP contribution in [0.4, 0.5) is 0 Å². The molecule has 3 nitrogen and oxygen atoms in total. The zero-order chi connectivity index (χ0) is 14.5. The Labute approximate surface area is 118 Å². The number of benzene rings is 2. The highest BCUT2D eigenvalue weighted by Gasteiger charge is 2.14. The lowest BCUT2D eigenvalue weighted by molar-refractivity contribution is 0.0526.